The lowest BCUT2D eigenvalue weighted by molar-refractivity contribution is 0.0584. The molecule has 1 amide bonds. The van der Waals surface area contributed by atoms with Crippen molar-refractivity contribution in [2.24, 2.45) is 0 Å². The molecular formula is C13H18BrNO2S. The predicted molar refractivity (Wildman–Crippen MR) is 80.4 cm³/mol. The number of thiophene rings is 1. The highest BCUT2D eigenvalue weighted by Gasteiger charge is 2.24. The van der Waals surface area contributed by atoms with Crippen molar-refractivity contribution >= 4 is 39.0 Å². The van der Waals surface area contributed by atoms with Crippen LogP contribution in [0, 0.1) is 0 Å². The first-order chi connectivity index (χ1) is 8.35. The van der Waals surface area contributed by atoms with Crippen LogP contribution in [0.2, 0.25) is 0 Å². The second-order valence-corrected chi connectivity index (χ2v) is 6.97. The van der Waals surface area contributed by atoms with E-state index in [9.17, 15) is 4.79 Å². The Morgan fingerprint density at radius 2 is 2.22 bits per heavy atom. The second-order valence-electron chi connectivity index (χ2n) is 4.74. The molecule has 0 atom stereocenters. The summed E-state index contributed by atoms with van der Waals surface area (Å²) in [5.41, 5.74) is 0.348. The Balaban J connectivity index is 2.92. The first kappa shape index (κ1) is 15.2. The first-order valence-corrected chi connectivity index (χ1v) is 7.37. The Morgan fingerprint density at radius 3 is 2.67 bits per heavy atom. The summed E-state index contributed by atoms with van der Waals surface area (Å²) in [4.78, 5) is 13.8. The van der Waals surface area contributed by atoms with Crippen molar-refractivity contribution in [3.05, 3.63) is 27.4 Å². The van der Waals surface area contributed by atoms with E-state index >= 15 is 0 Å². The molecule has 3 nitrogen and oxygen atoms in total. The standard InChI is InChI=1S/C13H18BrNO2S/c1-5-6-8-15(10-7-9-18-11(10)14)12(16)17-13(2,3)4/h5-7,9H,8H2,1-4H3/b6-5-. The number of rotatable bonds is 3. The van der Waals surface area contributed by atoms with Crippen molar-refractivity contribution in [3.8, 4) is 0 Å². The van der Waals surface area contributed by atoms with Crippen LogP contribution in [0.1, 0.15) is 27.7 Å². The highest BCUT2D eigenvalue weighted by Crippen LogP contribution is 2.32. The highest BCUT2D eigenvalue weighted by atomic mass is 79.9. The number of carbonyl (C=O) groups is 1. The van der Waals surface area contributed by atoms with Crippen molar-refractivity contribution in [2.75, 3.05) is 11.4 Å². The molecule has 100 valence electrons. The maximum absolute atomic E-state index is 12.2. The van der Waals surface area contributed by atoms with Crippen LogP contribution in [0.25, 0.3) is 0 Å². The average Bonchev–Trinajstić information content (AvgIpc) is 2.63. The molecule has 0 spiro atoms. The van der Waals surface area contributed by atoms with Crippen LogP contribution in [0.4, 0.5) is 10.5 Å². The summed E-state index contributed by atoms with van der Waals surface area (Å²) in [6.45, 7) is 8.01. The minimum atomic E-state index is -0.492. The monoisotopic (exact) mass is 331 g/mol. The highest BCUT2D eigenvalue weighted by molar-refractivity contribution is 9.11. The van der Waals surface area contributed by atoms with Gasteiger partial charge in [0.15, 0.2) is 0 Å². The van der Waals surface area contributed by atoms with E-state index in [0.717, 1.165) is 9.47 Å². The molecule has 0 N–H and O–H groups in total. The number of allylic oxidation sites excluding steroid dienone is 1. The molecular weight excluding hydrogens is 314 g/mol. The molecule has 1 aromatic rings. The maximum Gasteiger partial charge on any atom is 0.415 e. The summed E-state index contributed by atoms with van der Waals surface area (Å²) in [6, 6.07) is 1.90. The molecule has 0 saturated carbocycles. The van der Waals surface area contributed by atoms with Crippen LogP contribution >= 0.6 is 27.3 Å². The van der Waals surface area contributed by atoms with Gasteiger partial charge in [0.05, 0.1) is 9.47 Å². The van der Waals surface area contributed by atoms with Gasteiger partial charge in [-0.3, -0.25) is 4.90 Å². The molecule has 18 heavy (non-hydrogen) atoms. The molecule has 0 fully saturated rings. The Labute approximate surface area is 121 Å². The van der Waals surface area contributed by atoms with Gasteiger partial charge in [0.25, 0.3) is 0 Å². The second kappa shape index (κ2) is 6.38. The van der Waals surface area contributed by atoms with Crippen molar-refractivity contribution in [1.82, 2.24) is 0 Å². The largest absolute Gasteiger partial charge is 0.443 e. The number of halogens is 1. The maximum atomic E-state index is 12.2. The van der Waals surface area contributed by atoms with E-state index in [-0.39, 0.29) is 6.09 Å². The zero-order valence-corrected chi connectivity index (χ0v) is 13.5. The predicted octanol–water partition coefficient (Wildman–Crippen LogP) is 4.83. The Morgan fingerprint density at radius 1 is 1.56 bits per heavy atom. The molecule has 0 radical (unpaired) electrons. The van der Waals surface area contributed by atoms with Crippen LogP contribution in [0.3, 0.4) is 0 Å². The zero-order chi connectivity index (χ0) is 13.8. The van der Waals surface area contributed by atoms with Crippen LogP contribution in [0.5, 0.6) is 0 Å². The van der Waals surface area contributed by atoms with Gasteiger partial charge in [-0.2, -0.15) is 0 Å². The third-order valence-corrected chi connectivity index (χ3v) is 3.68. The molecule has 0 saturated heterocycles. The molecule has 0 aliphatic carbocycles. The van der Waals surface area contributed by atoms with Crippen molar-refractivity contribution in [3.63, 3.8) is 0 Å². The smallest absolute Gasteiger partial charge is 0.415 e. The summed E-state index contributed by atoms with van der Waals surface area (Å²) >= 11 is 5.00. The minimum absolute atomic E-state index is 0.334. The van der Waals surface area contributed by atoms with Crippen LogP contribution in [-0.2, 0) is 4.74 Å². The van der Waals surface area contributed by atoms with Crippen LogP contribution < -0.4 is 4.90 Å². The lowest BCUT2D eigenvalue weighted by Gasteiger charge is -2.26. The van der Waals surface area contributed by atoms with Gasteiger partial charge >= 0.3 is 6.09 Å². The van der Waals surface area contributed by atoms with E-state index in [1.165, 1.54) is 0 Å². The number of ether oxygens (including phenoxy) is 1. The fourth-order valence-electron chi connectivity index (χ4n) is 1.28. The topological polar surface area (TPSA) is 29.5 Å². The summed E-state index contributed by atoms with van der Waals surface area (Å²) in [7, 11) is 0. The first-order valence-electron chi connectivity index (χ1n) is 5.70. The van der Waals surface area contributed by atoms with E-state index < -0.39 is 5.60 Å². The molecule has 1 heterocycles. The normalized spacial score (nSPS) is 11.8. The van der Waals surface area contributed by atoms with E-state index in [0.29, 0.717) is 6.54 Å². The van der Waals surface area contributed by atoms with Gasteiger partial charge < -0.3 is 4.74 Å². The fourth-order valence-corrected chi connectivity index (χ4v) is 2.56. The van der Waals surface area contributed by atoms with Gasteiger partial charge in [-0.05, 0) is 55.1 Å². The lowest BCUT2D eigenvalue weighted by atomic mass is 10.2. The Kier molecular flexibility index (Phi) is 5.41. The molecule has 5 heteroatoms. The molecule has 0 aromatic carbocycles. The molecule has 1 rings (SSSR count). The summed E-state index contributed by atoms with van der Waals surface area (Å²) in [5, 5.41) is 1.94. The van der Waals surface area contributed by atoms with Gasteiger partial charge in [0.1, 0.15) is 5.60 Å². The number of anilines is 1. The molecule has 0 aliphatic rings. The van der Waals surface area contributed by atoms with Crippen LogP contribution in [0.15, 0.2) is 27.4 Å². The lowest BCUT2D eigenvalue weighted by Crippen LogP contribution is -2.37. The van der Waals surface area contributed by atoms with Crippen molar-refractivity contribution in [1.29, 1.82) is 0 Å². The van der Waals surface area contributed by atoms with Gasteiger partial charge in [0.2, 0.25) is 0 Å². The van der Waals surface area contributed by atoms with E-state index in [2.05, 4.69) is 15.9 Å². The molecule has 1 aromatic heterocycles. The number of amides is 1. The molecule has 0 bridgehead atoms. The number of carbonyl (C=O) groups excluding carboxylic acids is 1. The van der Waals surface area contributed by atoms with Crippen molar-refractivity contribution in [2.45, 2.75) is 33.3 Å². The fraction of sp³-hybridized carbons (Fsp3) is 0.462. The van der Waals surface area contributed by atoms with E-state index in [1.807, 2.05) is 51.3 Å². The van der Waals surface area contributed by atoms with Gasteiger partial charge in [0, 0.05) is 6.54 Å². The van der Waals surface area contributed by atoms with E-state index in [1.54, 1.807) is 16.2 Å². The number of hydrogen-bond donors (Lipinski definition) is 0. The summed E-state index contributed by atoms with van der Waals surface area (Å²) in [6.07, 6.45) is 3.51. The number of hydrogen-bond acceptors (Lipinski definition) is 3. The minimum Gasteiger partial charge on any atom is -0.443 e. The third kappa shape index (κ3) is 4.46. The van der Waals surface area contributed by atoms with Gasteiger partial charge in [-0.15, -0.1) is 11.3 Å². The van der Waals surface area contributed by atoms with Gasteiger partial charge in [-0.25, -0.2) is 4.79 Å². The van der Waals surface area contributed by atoms with Gasteiger partial charge in [-0.1, -0.05) is 12.2 Å². The van der Waals surface area contributed by atoms with E-state index in [4.69, 9.17) is 4.74 Å². The Bertz CT molecular complexity index is 434. The average molecular weight is 332 g/mol. The summed E-state index contributed by atoms with van der Waals surface area (Å²) in [5.74, 6) is 0. The Hall–Kier alpha value is -0.810. The molecule has 0 aliphatic heterocycles. The third-order valence-electron chi connectivity index (χ3n) is 2.03. The van der Waals surface area contributed by atoms with Crippen LogP contribution in [-0.4, -0.2) is 18.2 Å². The number of nitrogens with zero attached hydrogens (tertiary/aromatic N) is 1. The zero-order valence-electron chi connectivity index (χ0n) is 11.1. The molecule has 0 unspecified atom stereocenters. The SMILES string of the molecule is C/C=C\CN(C(=O)OC(C)(C)C)c1ccsc1Br. The quantitative estimate of drug-likeness (QED) is 0.742. The summed E-state index contributed by atoms with van der Waals surface area (Å²) < 4.78 is 6.34. The van der Waals surface area contributed by atoms with Crippen molar-refractivity contribution < 1.29 is 9.53 Å².